The summed E-state index contributed by atoms with van der Waals surface area (Å²) in [7, 11) is 0. The fraction of sp³-hybridized carbons (Fsp3) is 0.333. The van der Waals surface area contributed by atoms with Crippen LogP contribution in [0.5, 0.6) is 5.75 Å². The zero-order valence-corrected chi connectivity index (χ0v) is 7.34. The van der Waals surface area contributed by atoms with E-state index >= 15 is 0 Å². The van der Waals surface area contributed by atoms with Gasteiger partial charge in [0, 0.05) is 5.56 Å². The van der Waals surface area contributed by atoms with Crippen molar-refractivity contribution in [1.82, 2.24) is 0 Å². The van der Waals surface area contributed by atoms with Crippen molar-refractivity contribution in [2.45, 2.75) is 19.2 Å². The van der Waals surface area contributed by atoms with Gasteiger partial charge in [-0.25, -0.2) is 0 Å². The van der Waals surface area contributed by atoms with Crippen LogP contribution in [0.15, 0.2) is 18.2 Å². The normalized spacial score (nSPS) is 14.1. The molecule has 0 spiro atoms. The van der Waals surface area contributed by atoms with Gasteiger partial charge in [-0.3, -0.25) is 0 Å². The SMILES string of the molecule is CC(O)c1cccc(C(F)(F)F)c1O. The average Bonchev–Trinajstić information content (AvgIpc) is 2.01. The number of halogens is 3. The summed E-state index contributed by atoms with van der Waals surface area (Å²) in [6.07, 6.45) is -5.73. The van der Waals surface area contributed by atoms with Gasteiger partial charge in [0.05, 0.1) is 11.7 Å². The van der Waals surface area contributed by atoms with E-state index < -0.39 is 23.6 Å². The third-order valence-corrected chi connectivity index (χ3v) is 1.82. The van der Waals surface area contributed by atoms with Gasteiger partial charge in [0.25, 0.3) is 0 Å². The first-order valence-electron chi connectivity index (χ1n) is 3.91. The average molecular weight is 206 g/mol. The maximum atomic E-state index is 12.3. The number of phenolic OH excluding ortho intramolecular Hbond substituents is 1. The van der Waals surface area contributed by atoms with Crippen LogP contribution in [0.3, 0.4) is 0 Å². The van der Waals surface area contributed by atoms with E-state index in [0.29, 0.717) is 0 Å². The molecule has 2 nitrogen and oxygen atoms in total. The Kier molecular flexibility index (Phi) is 2.71. The van der Waals surface area contributed by atoms with E-state index in [1.165, 1.54) is 13.0 Å². The highest BCUT2D eigenvalue weighted by Crippen LogP contribution is 2.38. The number of hydrogen-bond donors (Lipinski definition) is 2. The first-order chi connectivity index (χ1) is 6.34. The van der Waals surface area contributed by atoms with Crippen molar-refractivity contribution < 1.29 is 23.4 Å². The first-order valence-corrected chi connectivity index (χ1v) is 3.91. The molecule has 0 aromatic heterocycles. The number of aliphatic hydroxyl groups excluding tert-OH is 1. The standard InChI is InChI=1S/C9H9F3O2/c1-5(13)6-3-2-4-7(8(6)14)9(10,11)12/h2-5,13-14H,1H3. The van der Waals surface area contributed by atoms with E-state index in [9.17, 15) is 18.3 Å². The van der Waals surface area contributed by atoms with Gasteiger partial charge in [-0.2, -0.15) is 13.2 Å². The lowest BCUT2D eigenvalue weighted by Crippen LogP contribution is -2.07. The van der Waals surface area contributed by atoms with Crippen LogP contribution in [0.1, 0.15) is 24.2 Å². The van der Waals surface area contributed by atoms with Gasteiger partial charge in [-0.1, -0.05) is 12.1 Å². The third kappa shape index (κ3) is 1.98. The Bertz CT molecular complexity index is 331. The molecule has 1 aromatic rings. The number of benzene rings is 1. The summed E-state index contributed by atoms with van der Waals surface area (Å²) in [6, 6.07) is 3.15. The molecule has 0 saturated heterocycles. The predicted molar refractivity (Wildman–Crippen MR) is 43.7 cm³/mol. The van der Waals surface area contributed by atoms with E-state index in [0.717, 1.165) is 12.1 Å². The fourth-order valence-electron chi connectivity index (χ4n) is 1.13. The van der Waals surface area contributed by atoms with Gasteiger partial charge in [0.15, 0.2) is 0 Å². The lowest BCUT2D eigenvalue weighted by molar-refractivity contribution is -0.138. The van der Waals surface area contributed by atoms with Gasteiger partial charge in [-0.15, -0.1) is 0 Å². The van der Waals surface area contributed by atoms with E-state index in [1.54, 1.807) is 0 Å². The highest BCUT2D eigenvalue weighted by Gasteiger charge is 2.34. The highest BCUT2D eigenvalue weighted by atomic mass is 19.4. The maximum Gasteiger partial charge on any atom is 0.419 e. The monoisotopic (exact) mass is 206 g/mol. The topological polar surface area (TPSA) is 40.5 Å². The second kappa shape index (κ2) is 3.49. The van der Waals surface area contributed by atoms with Crippen LogP contribution in [-0.4, -0.2) is 10.2 Å². The molecule has 14 heavy (non-hydrogen) atoms. The second-order valence-electron chi connectivity index (χ2n) is 2.92. The van der Waals surface area contributed by atoms with Crippen LogP contribution in [0.25, 0.3) is 0 Å². The number of hydrogen-bond acceptors (Lipinski definition) is 2. The molecule has 0 heterocycles. The van der Waals surface area contributed by atoms with Crippen LogP contribution >= 0.6 is 0 Å². The largest absolute Gasteiger partial charge is 0.507 e. The Hall–Kier alpha value is -1.23. The molecule has 0 aliphatic heterocycles. The van der Waals surface area contributed by atoms with Crippen molar-refractivity contribution in [3.05, 3.63) is 29.3 Å². The van der Waals surface area contributed by atoms with Crippen LogP contribution < -0.4 is 0 Å². The molecule has 2 N–H and O–H groups in total. The summed E-state index contributed by atoms with van der Waals surface area (Å²) in [6.45, 7) is 1.29. The van der Waals surface area contributed by atoms with Crippen molar-refractivity contribution in [1.29, 1.82) is 0 Å². The summed E-state index contributed by atoms with van der Waals surface area (Å²) in [5.74, 6) is -0.907. The lowest BCUT2D eigenvalue weighted by atomic mass is 10.0. The molecule has 0 amide bonds. The van der Waals surface area contributed by atoms with Gasteiger partial charge >= 0.3 is 6.18 Å². The number of alkyl halides is 3. The van der Waals surface area contributed by atoms with E-state index in [1.807, 2.05) is 0 Å². The van der Waals surface area contributed by atoms with E-state index in [2.05, 4.69) is 0 Å². The number of aromatic hydroxyl groups is 1. The molecule has 1 rings (SSSR count). The Balaban J connectivity index is 3.28. The quantitative estimate of drug-likeness (QED) is 0.740. The molecule has 0 saturated carbocycles. The molecule has 0 fully saturated rings. The summed E-state index contributed by atoms with van der Waals surface area (Å²) in [5.41, 5.74) is -1.25. The third-order valence-electron chi connectivity index (χ3n) is 1.82. The van der Waals surface area contributed by atoms with Gasteiger partial charge < -0.3 is 10.2 Å². The Morgan fingerprint density at radius 2 is 1.86 bits per heavy atom. The molecule has 1 atom stereocenters. The predicted octanol–water partition coefficient (Wildman–Crippen LogP) is 2.46. The summed E-state index contributed by atoms with van der Waals surface area (Å²) in [4.78, 5) is 0. The van der Waals surface area contributed by atoms with Crippen molar-refractivity contribution in [3.63, 3.8) is 0 Å². The van der Waals surface area contributed by atoms with Gasteiger partial charge in [0.2, 0.25) is 0 Å². The second-order valence-corrected chi connectivity index (χ2v) is 2.92. The van der Waals surface area contributed by atoms with Gasteiger partial charge in [-0.05, 0) is 13.0 Å². The molecular formula is C9H9F3O2. The Morgan fingerprint density at radius 3 is 2.29 bits per heavy atom. The molecule has 0 radical (unpaired) electrons. The lowest BCUT2D eigenvalue weighted by Gasteiger charge is -2.13. The molecule has 0 aliphatic carbocycles. The van der Waals surface area contributed by atoms with Crippen LogP contribution in [0.4, 0.5) is 13.2 Å². The number of phenols is 1. The van der Waals surface area contributed by atoms with Crippen molar-refractivity contribution in [2.75, 3.05) is 0 Å². The summed E-state index contributed by atoms with van der Waals surface area (Å²) >= 11 is 0. The zero-order chi connectivity index (χ0) is 10.9. The molecule has 1 unspecified atom stereocenters. The number of rotatable bonds is 1. The summed E-state index contributed by atoms with van der Waals surface area (Å²) in [5, 5.41) is 18.3. The van der Waals surface area contributed by atoms with Crippen LogP contribution in [0.2, 0.25) is 0 Å². The molecule has 78 valence electrons. The van der Waals surface area contributed by atoms with E-state index in [-0.39, 0.29) is 5.56 Å². The van der Waals surface area contributed by atoms with Crippen molar-refractivity contribution >= 4 is 0 Å². The van der Waals surface area contributed by atoms with Crippen LogP contribution in [-0.2, 0) is 6.18 Å². The maximum absolute atomic E-state index is 12.3. The number of para-hydroxylation sites is 1. The summed E-state index contributed by atoms with van der Waals surface area (Å²) < 4.78 is 36.8. The number of aliphatic hydroxyl groups is 1. The minimum Gasteiger partial charge on any atom is -0.507 e. The highest BCUT2D eigenvalue weighted by molar-refractivity contribution is 5.42. The smallest absolute Gasteiger partial charge is 0.419 e. The van der Waals surface area contributed by atoms with Crippen molar-refractivity contribution in [2.24, 2.45) is 0 Å². The molecule has 0 aliphatic rings. The fourth-order valence-corrected chi connectivity index (χ4v) is 1.13. The molecule has 0 bridgehead atoms. The molecular weight excluding hydrogens is 197 g/mol. The van der Waals surface area contributed by atoms with Gasteiger partial charge in [0.1, 0.15) is 5.75 Å². The Labute approximate surface area is 78.6 Å². The first kappa shape index (κ1) is 10.8. The molecule has 5 heteroatoms. The molecule has 1 aromatic carbocycles. The van der Waals surface area contributed by atoms with E-state index in [4.69, 9.17) is 5.11 Å². The minimum atomic E-state index is -4.60. The van der Waals surface area contributed by atoms with Crippen molar-refractivity contribution in [3.8, 4) is 5.75 Å². The zero-order valence-electron chi connectivity index (χ0n) is 7.34. The minimum absolute atomic E-state index is 0.125. The van der Waals surface area contributed by atoms with Crippen LogP contribution in [0, 0.1) is 0 Å². The Morgan fingerprint density at radius 1 is 1.29 bits per heavy atom.